The molecule has 4 rings (SSSR count). The number of aliphatic hydroxyl groups is 1. The van der Waals surface area contributed by atoms with Gasteiger partial charge in [-0.25, -0.2) is 0 Å². The van der Waals surface area contributed by atoms with Crippen molar-refractivity contribution >= 4 is 5.91 Å². The molecule has 1 heterocycles. The lowest BCUT2D eigenvalue weighted by molar-refractivity contribution is -0.284. The highest BCUT2D eigenvalue weighted by Gasteiger charge is 2.47. The highest BCUT2D eigenvalue weighted by Crippen LogP contribution is 2.27. The molecule has 3 aromatic rings. The van der Waals surface area contributed by atoms with Crippen LogP contribution in [0.1, 0.15) is 23.6 Å². The van der Waals surface area contributed by atoms with E-state index in [0.717, 1.165) is 16.7 Å². The van der Waals surface area contributed by atoms with E-state index in [4.69, 9.17) is 18.9 Å². The average Bonchev–Trinajstić information content (AvgIpc) is 2.89. The van der Waals surface area contributed by atoms with Crippen LogP contribution in [0.2, 0.25) is 0 Å². The van der Waals surface area contributed by atoms with Gasteiger partial charge in [-0.3, -0.25) is 4.79 Å². The maximum absolute atomic E-state index is 12.2. The van der Waals surface area contributed by atoms with Gasteiger partial charge in [0.25, 0.3) is 0 Å². The van der Waals surface area contributed by atoms with E-state index in [9.17, 15) is 9.90 Å². The van der Waals surface area contributed by atoms with Gasteiger partial charge in [0.15, 0.2) is 6.29 Å². The Labute approximate surface area is 212 Å². The van der Waals surface area contributed by atoms with Crippen molar-refractivity contribution in [2.75, 3.05) is 6.61 Å². The van der Waals surface area contributed by atoms with Crippen molar-refractivity contribution in [3.05, 3.63) is 108 Å². The van der Waals surface area contributed by atoms with E-state index in [1.807, 2.05) is 91.0 Å². The Morgan fingerprint density at radius 2 is 1.25 bits per heavy atom. The molecular formula is C29H33NO6. The largest absolute Gasteiger partial charge is 0.374 e. The topological polar surface area (TPSA) is 86.3 Å². The summed E-state index contributed by atoms with van der Waals surface area (Å²) in [5.74, 6) is -0.250. The van der Waals surface area contributed by atoms with Crippen LogP contribution in [0.3, 0.4) is 0 Å². The monoisotopic (exact) mass is 491 g/mol. The molecule has 0 bridgehead atoms. The summed E-state index contributed by atoms with van der Waals surface area (Å²) in [4.78, 5) is 12.2. The van der Waals surface area contributed by atoms with Gasteiger partial charge >= 0.3 is 0 Å². The number of carbonyl (C=O) groups is 1. The fourth-order valence-corrected chi connectivity index (χ4v) is 4.26. The van der Waals surface area contributed by atoms with E-state index in [0.29, 0.717) is 13.2 Å². The number of aliphatic hydroxyl groups excluding tert-OH is 1. The van der Waals surface area contributed by atoms with Crippen molar-refractivity contribution in [1.29, 1.82) is 0 Å². The van der Waals surface area contributed by atoms with Gasteiger partial charge in [0, 0.05) is 6.92 Å². The molecule has 5 atom stereocenters. The SMILES string of the molecule is CC(=O)N[C@H]1[C@@H](OCc2ccccc2)[C@H](O)O[C@H](COCc2ccccc2)[C@@H]1OCc1ccccc1. The number of nitrogens with one attached hydrogen (secondary N) is 1. The first-order chi connectivity index (χ1) is 17.6. The summed E-state index contributed by atoms with van der Waals surface area (Å²) in [5.41, 5.74) is 2.95. The van der Waals surface area contributed by atoms with Gasteiger partial charge in [-0.05, 0) is 16.7 Å². The molecule has 1 saturated heterocycles. The van der Waals surface area contributed by atoms with Gasteiger partial charge in [-0.1, -0.05) is 91.0 Å². The average molecular weight is 492 g/mol. The highest BCUT2D eigenvalue weighted by molar-refractivity contribution is 5.73. The third kappa shape index (κ3) is 7.46. The lowest BCUT2D eigenvalue weighted by Crippen LogP contribution is -2.65. The Hall–Kier alpha value is -3.07. The molecule has 0 spiro atoms. The van der Waals surface area contributed by atoms with Crippen molar-refractivity contribution in [3.8, 4) is 0 Å². The second-order valence-corrected chi connectivity index (χ2v) is 8.81. The summed E-state index contributed by atoms with van der Waals surface area (Å²) in [7, 11) is 0. The molecule has 1 aliphatic rings. The van der Waals surface area contributed by atoms with E-state index in [-0.39, 0.29) is 19.1 Å². The zero-order chi connectivity index (χ0) is 25.2. The fourth-order valence-electron chi connectivity index (χ4n) is 4.26. The second-order valence-electron chi connectivity index (χ2n) is 8.81. The summed E-state index contributed by atoms with van der Waals surface area (Å²) < 4.78 is 24.3. The summed E-state index contributed by atoms with van der Waals surface area (Å²) in [5, 5.41) is 13.8. The molecule has 0 unspecified atom stereocenters. The molecule has 0 saturated carbocycles. The van der Waals surface area contributed by atoms with Gasteiger partial charge in [0.05, 0.1) is 32.5 Å². The predicted molar refractivity (Wildman–Crippen MR) is 135 cm³/mol. The summed E-state index contributed by atoms with van der Waals surface area (Å²) in [6.07, 6.45) is -3.34. The minimum atomic E-state index is -1.27. The Morgan fingerprint density at radius 3 is 1.75 bits per heavy atom. The number of carbonyl (C=O) groups excluding carboxylic acids is 1. The minimum Gasteiger partial charge on any atom is -0.374 e. The number of ether oxygens (including phenoxy) is 4. The molecule has 0 radical (unpaired) electrons. The van der Waals surface area contributed by atoms with Crippen LogP contribution >= 0.6 is 0 Å². The molecule has 36 heavy (non-hydrogen) atoms. The Bertz CT molecular complexity index is 1050. The van der Waals surface area contributed by atoms with Gasteiger partial charge in [-0.15, -0.1) is 0 Å². The van der Waals surface area contributed by atoms with Crippen LogP contribution in [0.25, 0.3) is 0 Å². The molecule has 2 N–H and O–H groups in total. The van der Waals surface area contributed by atoms with Crippen LogP contribution in [-0.2, 0) is 43.6 Å². The van der Waals surface area contributed by atoms with Gasteiger partial charge in [-0.2, -0.15) is 0 Å². The molecule has 0 aromatic heterocycles. The van der Waals surface area contributed by atoms with Crippen LogP contribution < -0.4 is 5.32 Å². The van der Waals surface area contributed by atoms with Gasteiger partial charge in [0.2, 0.25) is 5.91 Å². The molecule has 0 aliphatic carbocycles. The lowest BCUT2D eigenvalue weighted by atomic mass is 9.95. The summed E-state index contributed by atoms with van der Waals surface area (Å²) in [6.45, 7) is 2.56. The van der Waals surface area contributed by atoms with E-state index in [2.05, 4.69) is 5.32 Å². The van der Waals surface area contributed by atoms with Crippen molar-refractivity contribution < 1.29 is 28.8 Å². The normalized spacial score (nSPS) is 23.8. The first-order valence-electron chi connectivity index (χ1n) is 12.1. The Morgan fingerprint density at radius 1 is 0.778 bits per heavy atom. The molecule has 190 valence electrons. The van der Waals surface area contributed by atoms with E-state index in [1.165, 1.54) is 6.92 Å². The van der Waals surface area contributed by atoms with Crippen LogP contribution in [0.5, 0.6) is 0 Å². The van der Waals surface area contributed by atoms with E-state index < -0.39 is 30.6 Å². The maximum atomic E-state index is 12.2. The second kappa shape index (κ2) is 13.3. The molecular weight excluding hydrogens is 458 g/mol. The van der Waals surface area contributed by atoms with Crippen molar-refractivity contribution in [3.63, 3.8) is 0 Å². The summed E-state index contributed by atoms with van der Waals surface area (Å²) >= 11 is 0. The maximum Gasteiger partial charge on any atom is 0.217 e. The standard InChI is InChI=1S/C29H33NO6/c1-21(31)30-26-27(34-18-23-13-7-3-8-14-23)25(20-33-17-22-11-5-2-6-12-22)36-29(32)28(26)35-19-24-15-9-4-10-16-24/h2-16,25-29,32H,17-20H2,1H3,(H,30,31)/t25-,26-,27+,28-,29-/m1/s1. The van der Waals surface area contributed by atoms with E-state index in [1.54, 1.807) is 0 Å². The molecule has 1 amide bonds. The number of hydrogen-bond acceptors (Lipinski definition) is 6. The minimum absolute atomic E-state index is 0.174. The van der Waals surface area contributed by atoms with Crippen LogP contribution in [0.4, 0.5) is 0 Å². The zero-order valence-corrected chi connectivity index (χ0v) is 20.4. The number of hydrogen-bond donors (Lipinski definition) is 2. The first-order valence-corrected chi connectivity index (χ1v) is 12.1. The third-order valence-corrected chi connectivity index (χ3v) is 6.00. The molecule has 1 aliphatic heterocycles. The number of benzene rings is 3. The number of amides is 1. The fraction of sp³-hybridized carbons (Fsp3) is 0.345. The van der Waals surface area contributed by atoms with Gasteiger partial charge < -0.3 is 29.4 Å². The first kappa shape index (κ1) is 26.0. The predicted octanol–water partition coefficient (Wildman–Crippen LogP) is 3.60. The van der Waals surface area contributed by atoms with Gasteiger partial charge in [0.1, 0.15) is 18.3 Å². The third-order valence-electron chi connectivity index (χ3n) is 6.00. The van der Waals surface area contributed by atoms with E-state index >= 15 is 0 Å². The highest BCUT2D eigenvalue weighted by atomic mass is 16.7. The Kier molecular flexibility index (Phi) is 9.61. The zero-order valence-electron chi connectivity index (χ0n) is 20.4. The molecule has 7 heteroatoms. The number of rotatable bonds is 11. The summed E-state index contributed by atoms with van der Waals surface area (Å²) in [6, 6.07) is 28.6. The molecule has 7 nitrogen and oxygen atoms in total. The quantitative estimate of drug-likeness (QED) is 0.426. The Balaban J connectivity index is 1.51. The molecule has 3 aromatic carbocycles. The molecule has 1 fully saturated rings. The van der Waals surface area contributed by atoms with Crippen LogP contribution in [-0.4, -0.2) is 48.3 Å². The van der Waals surface area contributed by atoms with Crippen molar-refractivity contribution in [2.45, 2.75) is 57.4 Å². The van der Waals surface area contributed by atoms with Crippen molar-refractivity contribution in [1.82, 2.24) is 5.32 Å². The smallest absolute Gasteiger partial charge is 0.217 e. The van der Waals surface area contributed by atoms with Crippen molar-refractivity contribution in [2.24, 2.45) is 0 Å². The van der Waals surface area contributed by atoms with Crippen LogP contribution in [0, 0.1) is 0 Å². The van der Waals surface area contributed by atoms with Crippen LogP contribution in [0.15, 0.2) is 91.0 Å². The lowest BCUT2D eigenvalue weighted by Gasteiger charge is -2.44.